The number of likely N-dealkylation sites (N-methyl/N-ethyl adjacent to an activating group) is 1. The number of hydrogen-bond donors (Lipinski definition) is 0. The van der Waals surface area contributed by atoms with Gasteiger partial charge in [0.2, 0.25) is 5.91 Å². The minimum Gasteiger partial charge on any atom is -0.341 e. The van der Waals surface area contributed by atoms with Gasteiger partial charge in [-0.2, -0.15) is 18.3 Å². The van der Waals surface area contributed by atoms with Crippen LogP contribution >= 0.6 is 0 Å². The fraction of sp³-hybridized carbons (Fsp3) is 0.500. The standard InChI is InChI=1S/C20H26F3N3O/c1-13(2)11-26-15(4)17(14(3)24-26)10-19(27)25(5)12-16-8-6-7-9-18(16)20(21,22)23/h6-9,13H,10-12H2,1-5H3. The Bertz CT molecular complexity index is 809. The number of aryl methyl sites for hydroxylation is 1. The van der Waals surface area contributed by atoms with Gasteiger partial charge in [0.15, 0.2) is 0 Å². The van der Waals surface area contributed by atoms with Crippen LogP contribution in [0.3, 0.4) is 0 Å². The number of halogens is 3. The molecule has 0 aliphatic rings. The van der Waals surface area contributed by atoms with Gasteiger partial charge in [-0.3, -0.25) is 9.48 Å². The lowest BCUT2D eigenvalue weighted by Gasteiger charge is -2.20. The molecule has 0 atom stereocenters. The summed E-state index contributed by atoms with van der Waals surface area (Å²) in [6.45, 7) is 8.62. The fourth-order valence-corrected chi connectivity index (χ4v) is 3.08. The molecular weight excluding hydrogens is 355 g/mol. The van der Waals surface area contributed by atoms with Crippen LogP contribution in [-0.4, -0.2) is 27.6 Å². The lowest BCUT2D eigenvalue weighted by atomic mass is 10.1. The molecule has 1 amide bonds. The zero-order valence-corrected chi connectivity index (χ0v) is 16.4. The summed E-state index contributed by atoms with van der Waals surface area (Å²) < 4.78 is 41.3. The molecule has 0 unspecified atom stereocenters. The average molecular weight is 381 g/mol. The number of carbonyl (C=O) groups excluding carboxylic acids is 1. The quantitative estimate of drug-likeness (QED) is 0.745. The van der Waals surface area contributed by atoms with E-state index in [1.165, 1.54) is 24.1 Å². The van der Waals surface area contributed by atoms with E-state index < -0.39 is 11.7 Å². The van der Waals surface area contributed by atoms with Crippen LogP contribution in [0.5, 0.6) is 0 Å². The Labute approximate surface area is 158 Å². The number of alkyl halides is 3. The molecule has 0 saturated carbocycles. The first-order valence-corrected chi connectivity index (χ1v) is 8.92. The fourth-order valence-electron chi connectivity index (χ4n) is 3.08. The van der Waals surface area contributed by atoms with E-state index in [2.05, 4.69) is 18.9 Å². The summed E-state index contributed by atoms with van der Waals surface area (Å²) in [7, 11) is 1.53. The molecule has 0 aliphatic carbocycles. The van der Waals surface area contributed by atoms with Gasteiger partial charge in [-0.15, -0.1) is 0 Å². The summed E-state index contributed by atoms with van der Waals surface area (Å²) >= 11 is 0. The van der Waals surface area contributed by atoms with Gasteiger partial charge in [-0.05, 0) is 31.4 Å². The summed E-state index contributed by atoms with van der Waals surface area (Å²) in [4.78, 5) is 14.0. The maximum Gasteiger partial charge on any atom is 0.416 e. The first kappa shape index (κ1) is 21.0. The minimum absolute atomic E-state index is 0.0878. The van der Waals surface area contributed by atoms with Gasteiger partial charge in [0.1, 0.15) is 0 Å². The molecule has 27 heavy (non-hydrogen) atoms. The van der Waals surface area contributed by atoms with Crippen molar-refractivity contribution in [1.29, 1.82) is 0 Å². The lowest BCUT2D eigenvalue weighted by Crippen LogP contribution is -2.29. The molecule has 0 saturated heterocycles. The normalized spacial score (nSPS) is 11.9. The molecule has 0 aliphatic heterocycles. The molecule has 4 nitrogen and oxygen atoms in total. The highest BCUT2D eigenvalue weighted by Crippen LogP contribution is 2.32. The highest BCUT2D eigenvalue weighted by atomic mass is 19.4. The second kappa shape index (κ2) is 8.15. The SMILES string of the molecule is Cc1nn(CC(C)C)c(C)c1CC(=O)N(C)Cc1ccccc1C(F)(F)F. The summed E-state index contributed by atoms with van der Waals surface area (Å²) in [5.41, 5.74) is 1.94. The highest BCUT2D eigenvalue weighted by Gasteiger charge is 2.33. The number of rotatable bonds is 6. The maximum absolute atomic E-state index is 13.1. The van der Waals surface area contributed by atoms with Crippen molar-refractivity contribution in [2.24, 2.45) is 5.92 Å². The van der Waals surface area contributed by atoms with Crippen molar-refractivity contribution in [1.82, 2.24) is 14.7 Å². The van der Waals surface area contributed by atoms with E-state index in [4.69, 9.17) is 0 Å². The van der Waals surface area contributed by atoms with E-state index in [-0.39, 0.29) is 24.4 Å². The van der Waals surface area contributed by atoms with Gasteiger partial charge < -0.3 is 4.90 Å². The Hall–Kier alpha value is -2.31. The van der Waals surface area contributed by atoms with Crippen molar-refractivity contribution >= 4 is 5.91 Å². The van der Waals surface area contributed by atoms with Crippen LogP contribution in [0.1, 0.15) is 41.9 Å². The average Bonchev–Trinajstić information content (AvgIpc) is 2.81. The first-order valence-electron chi connectivity index (χ1n) is 8.92. The molecule has 7 heteroatoms. The van der Waals surface area contributed by atoms with Crippen molar-refractivity contribution in [3.63, 3.8) is 0 Å². The van der Waals surface area contributed by atoms with E-state index in [1.54, 1.807) is 6.07 Å². The zero-order chi connectivity index (χ0) is 20.4. The molecule has 0 spiro atoms. The molecule has 1 heterocycles. The summed E-state index contributed by atoms with van der Waals surface area (Å²) in [5, 5.41) is 4.49. The van der Waals surface area contributed by atoms with Crippen LogP contribution in [0, 0.1) is 19.8 Å². The Morgan fingerprint density at radius 3 is 2.44 bits per heavy atom. The van der Waals surface area contributed by atoms with Crippen LogP contribution in [-0.2, 0) is 30.5 Å². The highest BCUT2D eigenvalue weighted by molar-refractivity contribution is 5.79. The molecular formula is C20H26F3N3O. The first-order chi connectivity index (χ1) is 12.5. The van der Waals surface area contributed by atoms with Crippen LogP contribution in [0.2, 0.25) is 0 Å². The molecule has 2 aromatic rings. The van der Waals surface area contributed by atoms with Gasteiger partial charge in [0.25, 0.3) is 0 Å². The topological polar surface area (TPSA) is 38.1 Å². The van der Waals surface area contributed by atoms with Crippen LogP contribution in [0.15, 0.2) is 24.3 Å². The van der Waals surface area contributed by atoms with Gasteiger partial charge in [0, 0.05) is 31.4 Å². The molecule has 1 aromatic carbocycles. The van der Waals surface area contributed by atoms with Crippen molar-refractivity contribution in [3.05, 3.63) is 52.3 Å². The van der Waals surface area contributed by atoms with Gasteiger partial charge >= 0.3 is 6.18 Å². The number of aromatic nitrogens is 2. The van der Waals surface area contributed by atoms with E-state index in [0.717, 1.165) is 29.6 Å². The van der Waals surface area contributed by atoms with Crippen molar-refractivity contribution in [2.75, 3.05) is 7.05 Å². The maximum atomic E-state index is 13.1. The smallest absolute Gasteiger partial charge is 0.341 e. The Morgan fingerprint density at radius 2 is 1.85 bits per heavy atom. The third-order valence-corrected chi connectivity index (χ3v) is 4.55. The lowest BCUT2D eigenvalue weighted by molar-refractivity contribution is -0.139. The third-order valence-electron chi connectivity index (χ3n) is 4.55. The Balaban J connectivity index is 2.15. The van der Waals surface area contributed by atoms with E-state index >= 15 is 0 Å². The number of hydrogen-bond acceptors (Lipinski definition) is 2. The van der Waals surface area contributed by atoms with Crippen LogP contribution in [0.25, 0.3) is 0 Å². The summed E-state index contributed by atoms with van der Waals surface area (Å²) in [5.74, 6) is 0.190. The molecule has 0 radical (unpaired) electrons. The number of benzene rings is 1. The summed E-state index contributed by atoms with van der Waals surface area (Å²) in [6, 6.07) is 5.35. The zero-order valence-electron chi connectivity index (χ0n) is 16.4. The van der Waals surface area contributed by atoms with E-state index in [0.29, 0.717) is 5.92 Å². The Morgan fingerprint density at radius 1 is 1.22 bits per heavy atom. The van der Waals surface area contributed by atoms with E-state index in [1.807, 2.05) is 18.5 Å². The predicted octanol–water partition coefficient (Wildman–Crippen LogP) is 4.38. The monoisotopic (exact) mass is 381 g/mol. The Kier molecular flexibility index (Phi) is 6.34. The number of amides is 1. The number of nitrogens with zero attached hydrogens (tertiary/aromatic N) is 3. The van der Waals surface area contributed by atoms with Crippen LogP contribution in [0.4, 0.5) is 13.2 Å². The minimum atomic E-state index is -4.44. The molecule has 0 N–H and O–H groups in total. The molecule has 148 valence electrons. The predicted molar refractivity (Wildman–Crippen MR) is 98.2 cm³/mol. The van der Waals surface area contributed by atoms with Gasteiger partial charge in [-0.25, -0.2) is 0 Å². The van der Waals surface area contributed by atoms with Crippen molar-refractivity contribution in [2.45, 2.75) is 53.4 Å². The largest absolute Gasteiger partial charge is 0.416 e. The molecule has 0 bridgehead atoms. The van der Waals surface area contributed by atoms with Gasteiger partial charge in [0.05, 0.1) is 17.7 Å². The molecule has 1 aromatic heterocycles. The van der Waals surface area contributed by atoms with Crippen molar-refractivity contribution < 1.29 is 18.0 Å². The second-order valence-electron chi connectivity index (χ2n) is 7.31. The summed E-state index contributed by atoms with van der Waals surface area (Å²) in [6.07, 6.45) is -4.31. The van der Waals surface area contributed by atoms with Gasteiger partial charge in [-0.1, -0.05) is 32.0 Å². The molecule has 2 rings (SSSR count). The van der Waals surface area contributed by atoms with E-state index in [9.17, 15) is 18.0 Å². The third kappa shape index (κ3) is 5.11. The van der Waals surface area contributed by atoms with Crippen LogP contribution < -0.4 is 0 Å². The molecule has 0 fully saturated rings. The second-order valence-corrected chi connectivity index (χ2v) is 7.31. The van der Waals surface area contributed by atoms with Crippen molar-refractivity contribution in [3.8, 4) is 0 Å². The number of carbonyl (C=O) groups is 1.